The van der Waals surface area contributed by atoms with Crippen LogP contribution in [0.4, 0.5) is 0 Å². The Labute approximate surface area is 184 Å². The van der Waals surface area contributed by atoms with Gasteiger partial charge in [-0.05, 0) is 35.4 Å². The molecule has 0 aliphatic carbocycles. The van der Waals surface area contributed by atoms with Crippen molar-refractivity contribution in [2.24, 2.45) is 14.1 Å². The fourth-order valence-corrected chi connectivity index (χ4v) is 3.82. The van der Waals surface area contributed by atoms with Gasteiger partial charge in [-0.3, -0.25) is 0 Å². The molecule has 4 aromatic rings. The van der Waals surface area contributed by atoms with Crippen LogP contribution in [-0.2, 0) is 27.2 Å². The second kappa shape index (κ2) is 8.50. The van der Waals surface area contributed by atoms with E-state index in [1.807, 2.05) is 69.8 Å². The van der Waals surface area contributed by atoms with Gasteiger partial charge in [0, 0.05) is 11.1 Å². The van der Waals surface area contributed by atoms with Crippen LogP contribution in [0.1, 0.15) is 31.8 Å². The summed E-state index contributed by atoms with van der Waals surface area (Å²) in [6, 6.07) is 10.1. The lowest BCUT2D eigenvalue weighted by Gasteiger charge is -2.14. The average molecular weight is 432 g/mol. The first-order chi connectivity index (χ1) is 15.3. The number of carboxylic acids is 2. The molecule has 2 aromatic heterocycles. The Hall–Kier alpha value is -4.20. The van der Waals surface area contributed by atoms with E-state index in [0.29, 0.717) is 13.1 Å². The van der Waals surface area contributed by atoms with Gasteiger partial charge in [-0.2, -0.15) is 0 Å². The Morgan fingerprint density at radius 1 is 0.750 bits per heavy atom. The zero-order valence-electron chi connectivity index (χ0n) is 17.8. The van der Waals surface area contributed by atoms with E-state index in [-0.39, 0.29) is 11.1 Å². The van der Waals surface area contributed by atoms with Crippen molar-refractivity contribution in [2.75, 3.05) is 0 Å². The van der Waals surface area contributed by atoms with Gasteiger partial charge in [-0.15, -0.1) is 0 Å². The number of aromatic nitrogens is 4. The summed E-state index contributed by atoms with van der Waals surface area (Å²) in [5, 5.41) is 19.0. The van der Waals surface area contributed by atoms with Crippen LogP contribution in [0.25, 0.3) is 11.1 Å². The number of carbonyl (C=O) groups is 2. The highest BCUT2D eigenvalue weighted by molar-refractivity contribution is 5.91. The Balaban J connectivity index is 1.85. The molecule has 32 heavy (non-hydrogen) atoms. The number of hydrogen-bond acceptors (Lipinski definition) is 2. The Morgan fingerprint density at radius 2 is 1.16 bits per heavy atom. The molecule has 162 valence electrons. The van der Waals surface area contributed by atoms with Crippen LogP contribution in [0, 0.1) is 0 Å². The highest BCUT2D eigenvalue weighted by Gasteiger charge is 2.18. The lowest BCUT2D eigenvalue weighted by molar-refractivity contribution is -0.671. The van der Waals surface area contributed by atoms with Crippen molar-refractivity contribution >= 4 is 11.9 Å². The maximum absolute atomic E-state index is 11.6. The summed E-state index contributed by atoms with van der Waals surface area (Å²) in [6.07, 6.45) is 11.5. The Morgan fingerprint density at radius 3 is 1.47 bits per heavy atom. The highest BCUT2D eigenvalue weighted by Crippen LogP contribution is 2.30. The quantitative estimate of drug-likeness (QED) is 0.438. The Bertz CT molecular complexity index is 1220. The topological polar surface area (TPSA) is 92.2 Å². The van der Waals surface area contributed by atoms with Crippen molar-refractivity contribution in [3.8, 4) is 11.1 Å². The van der Waals surface area contributed by atoms with E-state index in [1.165, 1.54) is 0 Å². The van der Waals surface area contributed by atoms with Gasteiger partial charge in [-0.1, -0.05) is 12.1 Å². The monoisotopic (exact) mass is 432 g/mol. The van der Waals surface area contributed by atoms with Crippen molar-refractivity contribution in [3.63, 3.8) is 0 Å². The van der Waals surface area contributed by atoms with E-state index < -0.39 is 11.9 Å². The summed E-state index contributed by atoms with van der Waals surface area (Å²) >= 11 is 0. The predicted octanol–water partition coefficient (Wildman–Crippen LogP) is 2.10. The molecule has 0 atom stereocenters. The van der Waals surface area contributed by atoms with Gasteiger partial charge in [0.25, 0.3) is 0 Å². The van der Waals surface area contributed by atoms with Crippen molar-refractivity contribution < 1.29 is 28.9 Å². The third kappa shape index (κ3) is 4.44. The van der Waals surface area contributed by atoms with E-state index in [2.05, 4.69) is 0 Å². The summed E-state index contributed by atoms with van der Waals surface area (Å²) in [7, 11) is 3.84. The molecule has 2 aromatic carbocycles. The van der Waals surface area contributed by atoms with Gasteiger partial charge in [0.1, 0.15) is 37.9 Å². The molecule has 0 aliphatic heterocycles. The normalized spacial score (nSPS) is 10.9. The summed E-state index contributed by atoms with van der Waals surface area (Å²) in [4.78, 5) is 23.2. The zero-order chi connectivity index (χ0) is 22.8. The fourth-order valence-electron chi connectivity index (χ4n) is 3.82. The molecule has 2 heterocycles. The van der Waals surface area contributed by atoms with Crippen molar-refractivity contribution in [1.29, 1.82) is 0 Å². The minimum Gasteiger partial charge on any atom is -0.478 e. The molecule has 0 saturated carbocycles. The number of hydrogen-bond donors (Lipinski definition) is 2. The third-order valence-electron chi connectivity index (χ3n) is 5.35. The molecule has 0 unspecified atom stereocenters. The summed E-state index contributed by atoms with van der Waals surface area (Å²) in [6.45, 7) is 0.964. The minimum atomic E-state index is -0.989. The number of imidazole rings is 2. The molecule has 2 N–H and O–H groups in total. The molecule has 0 saturated heterocycles. The molecule has 4 rings (SSSR count). The number of rotatable bonds is 7. The van der Waals surface area contributed by atoms with Crippen LogP contribution in [-0.4, -0.2) is 31.3 Å². The van der Waals surface area contributed by atoms with Crippen LogP contribution in [0.15, 0.2) is 73.8 Å². The second-order valence-electron chi connectivity index (χ2n) is 7.86. The third-order valence-corrected chi connectivity index (χ3v) is 5.35. The molecule has 0 spiro atoms. The van der Waals surface area contributed by atoms with E-state index in [4.69, 9.17) is 0 Å². The van der Waals surface area contributed by atoms with Gasteiger partial charge < -0.3 is 10.2 Å². The number of aromatic carboxylic acids is 2. The fraction of sp³-hybridized carbons (Fsp3) is 0.167. The van der Waals surface area contributed by atoms with Gasteiger partial charge in [0.2, 0.25) is 12.7 Å². The lowest BCUT2D eigenvalue weighted by atomic mass is 9.92. The largest absolute Gasteiger partial charge is 0.478 e. The number of carboxylic acid groups (broad SMARTS) is 2. The zero-order valence-corrected chi connectivity index (χ0v) is 17.8. The molecular weight excluding hydrogens is 408 g/mol. The summed E-state index contributed by atoms with van der Waals surface area (Å²) in [5.74, 6) is -1.98. The van der Waals surface area contributed by atoms with Crippen LogP contribution < -0.4 is 9.13 Å². The first kappa shape index (κ1) is 21.0. The molecular formula is C24H24N4O4+2. The Kier molecular flexibility index (Phi) is 5.59. The van der Waals surface area contributed by atoms with Crippen LogP contribution in [0.2, 0.25) is 0 Å². The van der Waals surface area contributed by atoms with Gasteiger partial charge in [0.05, 0.1) is 25.2 Å². The molecule has 0 bridgehead atoms. The first-order valence-corrected chi connectivity index (χ1v) is 10.0. The maximum atomic E-state index is 11.6. The molecule has 8 heteroatoms. The molecule has 0 fully saturated rings. The van der Waals surface area contributed by atoms with Crippen LogP contribution in [0.5, 0.6) is 0 Å². The minimum absolute atomic E-state index is 0.210. The molecule has 0 amide bonds. The number of aryl methyl sites for hydroxylation is 2. The van der Waals surface area contributed by atoms with Gasteiger partial charge in [-0.25, -0.2) is 27.9 Å². The van der Waals surface area contributed by atoms with Crippen LogP contribution in [0.3, 0.4) is 0 Å². The smallest absolute Gasteiger partial charge is 0.335 e. The predicted molar refractivity (Wildman–Crippen MR) is 115 cm³/mol. The first-order valence-electron chi connectivity index (χ1n) is 10.0. The van der Waals surface area contributed by atoms with Crippen molar-refractivity contribution in [2.45, 2.75) is 13.1 Å². The lowest BCUT2D eigenvalue weighted by Crippen LogP contribution is -2.24. The van der Waals surface area contributed by atoms with E-state index in [1.54, 1.807) is 36.4 Å². The molecule has 0 radical (unpaired) electrons. The SMILES string of the molecule is C[n+]1ccn(Cc2cc(C(=O)O)ccc2-c2ccc(C(=O)O)cc2Cn2cc[n+](C)c2)c1. The van der Waals surface area contributed by atoms with E-state index in [0.717, 1.165) is 22.3 Å². The average Bonchev–Trinajstić information content (AvgIpc) is 3.35. The standard InChI is InChI=1S/C24H22N4O4/c1-25-7-9-27(15-25)13-19-11-17(23(29)30)3-5-21(19)22-6-4-18(24(31)32)12-20(22)14-28-10-8-26(2)16-28/h3-12,15-16H,13-14H2,1-2H3/p+2. The number of benzene rings is 2. The summed E-state index contributed by atoms with van der Waals surface area (Å²) in [5.41, 5.74) is 3.83. The maximum Gasteiger partial charge on any atom is 0.335 e. The molecule has 0 aliphatic rings. The van der Waals surface area contributed by atoms with Crippen molar-refractivity contribution in [1.82, 2.24) is 9.13 Å². The van der Waals surface area contributed by atoms with Crippen LogP contribution >= 0.6 is 0 Å². The second-order valence-corrected chi connectivity index (χ2v) is 7.86. The molecule has 8 nitrogen and oxygen atoms in total. The number of nitrogens with zero attached hydrogens (tertiary/aromatic N) is 4. The van der Waals surface area contributed by atoms with E-state index in [9.17, 15) is 19.8 Å². The van der Waals surface area contributed by atoms with Gasteiger partial charge in [0.15, 0.2) is 0 Å². The van der Waals surface area contributed by atoms with E-state index >= 15 is 0 Å². The van der Waals surface area contributed by atoms with Gasteiger partial charge >= 0.3 is 11.9 Å². The highest BCUT2D eigenvalue weighted by atomic mass is 16.4. The summed E-state index contributed by atoms with van der Waals surface area (Å²) < 4.78 is 7.78. The van der Waals surface area contributed by atoms with Crippen molar-refractivity contribution in [3.05, 3.63) is 96.1 Å².